The second-order valence-electron chi connectivity index (χ2n) is 2.67. The second-order valence-corrected chi connectivity index (χ2v) is 2.67. The Labute approximate surface area is 83.8 Å². The van der Waals surface area contributed by atoms with Crippen LogP contribution in [0.5, 0.6) is 11.5 Å². The van der Waals surface area contributed by atoms with Crippen LogP contribution in [0.25, 0.3) is 0 Å². The van der Waals surface area contributed by atoms with Crippen LogP contribution in [0.15, 0.2) is 18.2 Å². The summed E-state index contributed by atoms with van der Waals surface area (Å²) in [5.41, 5.74) is 0.969. The van der Waals surface area contributed by atoms with E-state index in [2.05, 4.69) is 5.32 Å². The highest BCUT2D eigenvalue weighted by Gasteiger charge is 2.04. The van der Waals surface area contributed by atoms with Gasteiger partial charge in [-0.1, -0.05) is 0 Å². The Hall–Kier alpha value is -1.42. The van der Waals surface area contributed by atoms with Gasteiger partial charge in [0.2, 0.25) is 0 Å². The van der Waals surface area contributed by atoms with E-state index in [9.17, 15) is 0 Å². The molecule has 4 heteroatoms. The van der Waals surface area contributed by atoms with E-state index in [0.717, 1.165) is 5.69 Å². The Morgan fingerprint density at radius 1 is 1.21 bits per heavy atom. The molecule has 0 amide bonds. The first kappa shape index (κ1) is 10.7. The standard InChI is InChI=1S/C10H15NO3/c1-11-8-4-5-9(13-3)10(6-8)14-7-12-2/h4-6,11H,7H2,1-3H3. The van der Waals surface area contributed by atoms with Crippen LogP contribution in [0.1, 0.15) is 0 Å². The molecule has 4 nitrogen and oxygen atoms in total. The van der Waals surface area contributed by atoms with Crippen molar-refractivity contribution >= 4 is 5.69 Å². The first-order valence-corrected chi connectivity index (χ1v) is 4.29. The number of hydrogen-bond donors (Lipinski definition) is 1. The minimum Gasteiger partial charge on any atom is -0.493 e. The molecule has 0 atom stereocenters. The molecule has 1 N–H and O–H groups in total. The molecule has 0 bridgehead atoms. The topological polar surface area (TPSA) is 39.7 Å². The molecule has 0 unspecified atom stereocenters. The van der Waals surface area contributed by atoms with Gasteiger partial charge in [-0.05, 0) is 12.1 Å². The first-order chi connectivity index (χ1) is 6.81. The summed E-state index contributed by atoms with van der Waals surface area (Å²) in [5.74, 6) is 1.36. The summed E-state index contributed by atoms with van der Waals surface area (Å²) in [6, 6.07) is 5.62. The zero-order valence-electron chi connectivity index (χ0n) is 8.66. The number of benzene rings is 1. The molecule has 0 radical (unpaired) electrons. The van der Waals surface area contributed by atoms with E-state index < -0.39 is 0 Å². The summed E-state index contributed by atoms with van der Waals surface area (Å²) < 4.78 is 15.3. The zero-order valence-corrected chi connectivity index (χ0v) is 8.66. The zero-order chi connectivity index (χ0) is 10.4. The molecule has 0 spiro atoms. The van der Waals surface area contributed by atoms with Crippen molar-refractivity contribution in [2.45, 2.75) is 0 Å². The van der Waals surface area contributed by atoms with Gasteiger partial charge >= 0.3 is 0 Å². The van der Waals surface area contributed by atoms with Crippen LogP contribution >= 0.6 is 0 Å². The Balaban J connectivity index is 2.84. The van der Waals surface area contributed by atoms with E-state index >= 15 is 0 Å². The molecule has 0 heterocycles. The highest BCUT2D eigenvalue weighted by Crippen LogP contribution is 2.29. The van der Waals surface area contributed by atoms with Gasteiger partial charge in [0.25, 0.3) is 0 Å². The van der Waals surface area contributed by atoms with Crippen LogP contribution in [0.2, 0.25) is 0 Å². The number of ether oxygens (including phenoxy) is 3. The van der Waals surface area contributed by atoms with Crippen molar-refractivity contribution in [2.24, 2.45) is 0 Å². The van der Waals surface area contributed by atoms with Crippen LogP contribution in [0, 0.1) is 0 Å². The van der Waals surface area contributed by atoms with E-state index in [1.54, 1.807) is 14.2 Å². The number of nitrogens with one attached hydrogen (secondary N) is 1. The Morgan fingerprint density at radius 3 is 2.57 bits per heavy atom. The van der Waals surface area contributed by atoms with Crippen LogP contribution in [0.3, 0.4) is 0 Å². The van der Waals surface area contributed by atoms with Gasteiger partial charge in [-0.15, -0.1) is 0 Å². The van der Waals surface area contributed by atoms with Crippen LogP contribution in [-0.2, 0) is 4.74 Å². The molecular weight excluding hydrogens is 182 g/mol. The van der Waals surface area contributed by atoms with Crippen molar-refractivity contribution in [1.29, 1.82) is 0 Å². The Morgan fingerprint density at radius 2 is 2.00 bits per heavy atom. The number of methoxy groups -OCH3 is 2. The molecule has 0 aliphatic rings. The van der Waals surface area contributed by atoms with Crippen molar-refractivity contribution < 1.29 is 14.2 Å². The lowest BCUT2D eigenvalue weighted by atomic mass is 10.3. The SMILES string of the molecule is CNc1ccc(OC)c(OCOC)c1. The average Bonchev–Trinajstić information content (AvgIpc) is 2.25. The quantitative estimate of drug-likeness (QED) is 0.729. The molecule has 0 fully saturated rings. The maximum Gasteiger partial charge on any atom is 0.188 e. The lowest BCUT2D eigenvalue weighted by molar-refractivity contribution is 0.0492. The van der Waals surface area contributed by atoms with Crippen LogP contribution < -0.4 is 14.8 Å². The number of anilines is 1. The van der Waals surface area contributed by atoms with Gasteiger partial charge in [0.15, 0.2) is 18.3 Å². The lowest BCUT2D eigenvalue weighted by Gasteiger charge is -2.11. The van der Waals surface area contributed by atoms with Crippen molar-refractivity contribution in [3.8, 4) is 11.5 Å². The van der Waals surface area contributed by atoms with E-state index in [4.69, 9.17) is 14.2 Å². The fourth-order valence-corrected chi connectivity index (χ4v) is 1.07. The first-order valence-electron chi connectivity index (χ1n) is 4.29. The normalized spacial score (nSPS) is 9.64. The monoisotopic (exact) mass is 197 g/mol. The van der Waals surface area contributed by atoms with Gasteiger partial charge in [0.05, 0.1) is 7.11 Å². The molecule has 0 aromatic heterocycles. The molecule has 0 aliphatic carbocycles. The van der Waals surface area contributed by atoms with Crippen LogP contribution in [-0.4, -0.2) is 28.1 Å². The molecule has 0 aliphatic heterocycles. The van der Waals surface area contributed by atoms with Gasteiger partial charge in [0, 0.05) is 25.9 Å². The third-order valence-electron chi connectivity index (χ3n) is 1.78. The van der Waals surface area contributed by atoms with Gasteiger partial charge < -0.3 is 19.5 Å². The maximum atomic E-state index is 5.33. The van der Waals surface area contributed by atoms with Crippen molar-refractivity contribution in [1.82, 2.24) is 0 Å². The van der Waals surface area contributed by atoms with E-state index in [0.29, 0.717) is 11.5 Å². The molecule has 1 rings (SSSR count). The van der Waals surface area contributed by atoms with E-state index in [1.165, 1.54) is 0 Å². The number of rotatable bonds is 5. The van der Waals surface area contributed by atoms with Crippen molar-refractivity contribution in [2.75, 3.05) is 33.4 Å². The molecular formula is C10H15NO3. The van der Waals surface area contributed by atoms with Gasteiger partial charge in [-0.25, -0.2) is 0 Å². The molecule has 1 aromatic rings. The highest BCUT2D eigenvalue weighted by atomic mass is 16.7. The van der Waals surface area contributed by atoms with Gasteiger partial charge in [-0.3, -0.25) is 0 Å². The minimum absolute atomic E-state index is 0.212. The van der Waals surface area contributed by atoms with Gasteiger partial charge in [0.1, 0.15) is 0 Å². The second kappa shape index (κ2) is 5.34. The predicted molar refractivity (Wildman–Crippen MR) is 55.0 cm³/mol. The Kier molecular flexibility index (Phi) is 4.07. The molecule has 0 saturated heterocycles. The van der Waals surface area contributed by atoms with Crippen LogP contribution in [0.4, 0.5) is 5.69 Å². The Bertz CT molecular complexity index is 289. The largest absolute Gasteiger partial charge is 0.493 e. The molecule has 78 valence electrons. The minimum atomic E-state index is 0.212. The third-order valence-corrected chi connectivity index (χ3v) is 1.78. The molecule has 14 heavy (non-hydrogen) atoms. The van der Waals surface area contributed by atoms with E-state index in [-0.39, 0.29) is 6.79 Å². The van der Waals surface area contributed by atoms with Crippen molar-refractivity contribution in [3.63, 3.8) is 0 Å². The van der Waals surface area contributed by atoms with Crippen molar-refractivity contribution in [3.05, 3.63) is 18.2 Å². The summed E-state index contributed by atoms with van der Waals surface area (Å²) in [4.78, 5) is 0. The fraction of sp³-hybridized carbons (Fsp3) is 0.400. The summed E-state index contributed by atoms with van der Waals surface area (Å²) >= 11 is 0. The maximum absolute atomic E-state index is 5.33. The predicted octanol–water partition coefficient (Wildman–Crippen LogP) is 1.72. The number of hydrogen-bond acceptors (Lipinski definition) is 4. The van der Waals surface area contributed by atoms with Gasteiger partial charge in [-0.2, -0.15) is 0 Å². The third kappa shape index (κ3) is 2.53. The smallest absolute Gasteiger partial charge is 0.188 e. The summed E-state index contributed by atoms with van der Waals surface area (Å²) in [6.07, 6.45) is 0. The molecule has 0 saturated carbocycles. The highest BCUT2D eigenvalue weighted by molar-refractivity contribution is 5.54. The summed E-state index contributed by atoms with van der Waals surface area (Å²) in [6.45, 7) is 0.212. The lowest BCUT2D eigenvalue weighted by Crippen LogP contribution is -2.01. The fourth-order valence-electron chi connectivity index (χ4n) is 1.07. The van der Waals surface area contributed by atoms with E-state index in [1.807, 2.05) is 25.2 Å². The average molecular weight is 197 g/mol. The molecule has 1 aromatic carbocycles. The summed E-state index contributed by atoms with van der Waals surface area (Å²) in [7, 11) is 5.03. The summed E-state index contributed by atoms with van der Waals surface area (Å²) in [5, 5.41) is 3.02.